The summed E-state index contributed by atoms with van der Waals surface area (Å²) in [6.45, 7) is 0. The molecule has 1 atom stereocenters. The molecule has 4 nitrogen and oxygen atoms in total. The van der Waals surface area contributed by atoms with Crippen molar-refractivity contribution in [1.29, 1.82) is 0 Å². The molecule has 21 heavy (non-hydrogen) atoms. The van der Waals surface area contributed by atoms with Gasteiger partial charge < -0.3 is 11.1 Å². The molecule has 1 saturated carbocycles. The first-order chi connectivity index (χ1) is 10.2. The van der Waals surface area contributed by atoms with Crippen LogP contribution in [0, 0.1) is 5.92 Å². The zero-order valence-electron chi connectivity index (χ0n) is 12.6. The molecule has 1 heterocycles. The van der Waals surface area contributed by atoms with Crippen LogP contribution < -0.4 is 11.1 Å². The molecule has 0 spiro atoms. The van der Waals surface area contributed by atoms with Gasteiger partial charge in [0.05, 0.1) is 5.69 Å². The first-order valence-electron chi connectivity index (χ1n) is 8.24. The van der Waals surface area contributed by atoms with Crippen LogP contribution in [0.2, 0.25) is 0 Å². The van der Waals surface area contributed by atoms with Gasteiger partial charge in [0.1, 0.15) is 0 Å². The molecule has 1 aromatic heterocycles. The number of nitrogens with zero attached hydrogens (tertiary/aromatic N) is 1. The largest absolute Gasteiger partial charge is 0.327 e. The van der Waals surface area contributed by atoms with Crippen molar-refractivity contribution in [2.75, 3.05) is 5.32 Å². The van der Waals surface area contributed by atoms with E-state index >= 15 is 0 Å². The minimum absolute atomic E-state index is 0.121. The Morgan fingerprint density at radius 3 is 2.90 bits per heavy atom. The number of thiazole rings is 1. The Hall–Kier alpha value is -0.940. The molecule has 0 unspecified atom stereocenters. The van der Waals surface area contributed by atoms with Crippen molar-refractivity contribution < 1.29 is 4.79 Å². The number of hydrogen-bond donors (Lipinski definition) is 2. The lowest BCUT2D eigenvalue weighted by molar-refractivity contribution is -0.116. The minimum Gasteiger partial charge on any atom is -0.327 e. The maximum absolute atomic E-state index is 12.1. The highest BCUT2D eigenvalue weighted by Gasteiger charge is 2.21. The van der Waals surface area contributed by atoms with Crippen molar-refractivity contribution in [3.63, 3.8) is 0 Å². The summed E-state index contributed by atoms with van der Waals surface area (Å²) in [5, 5.41) is 3.75. The fourth-order valence-corrected chi connectivity index (χ4v) is 4.56. The van der Waals surface area contributed by atoms with Gasteiger partial charge in [-0.1, -0.05) is 32.1 Å². The molecule has 1 fully saturated rings. The lowest BCUT2D eigenvalue weighted by Gasteiger charge is -2.20. The van der Waals surface area contributed by atoms with Crippen LogP contribution in [-0.2, 0) is 17.6 Å². The zero-order chi connectivity index (χ0) is 14.7. The number of nitrogens with one attached hydrogen (secondary N) is 1. The van der Waals surface area contributed by atoms with E-state index in [1.165, 1.54) is 37.0 Å². The molecule has 116 valence electrons. The van der Waals surface area contributed by atoms with Crippen molar-refractivity contribution in [2.45, 2.75) is 70.3 Å². The van der Waals surface area contributed by atoms with E-state index in [2.05, 4.69) is 10.3 Å². The van der Waals surface area contributed by atoms with Gasteiger partial charge in [-0.3, -0.25) is 4.79 Å². The Labute approximate surface area is 130 Å². The Morgan fingerprint density at radius 1 is 1.29 bits per heavy atom. The summed E-state index contributed by atoms with van der Waals surface area (Å²) in [5.74, 6) is 0.878. The Morgan fingerprint density at radius 2 is 2.10 bits per heavy atom. The van der Waals surface area contributed by atoms with Crippen LogP contribution in [-0.4, -0.2) is 16.9 Å². The third-order valence-corrected chi connectivity index (χ3v) is 5.76. The fourth-order valence-electron chi connectivity index (χ4n) is 3.45. The smallest absolute Gasteiger partial charge is 0.226 e. The van der Waals surface area contributed by atoms with Crippen LogP contribution in [0.5, 0.6) is 0 Å². The maximum atomic E-state index is 12.1. The molecule has 2 aliphatic carbocycles. The third kappa shape index (κ3) is 4.04. The Balaban J connectivity index is 1.48. The van der Waals surface area contributed by atoms with E-state index in [-0.39, 0.29) is 11.9 Å². The lowest BCUT2D eigenvalue weighted by atomic mass is 9.86. The number of carbonyl (C=O) groups excluding carboxylic acids is 1. The minimum atomic E-state index is 0.121. The highest BCUT2D eigenvalue weighted by molar-refractivity contribution is 7.15. The molecule has 0 aliphatic heterocycles. The predicted molar refractivity (Wildman–Crippen MR) is 86.6 cm³/mol. The van der Waals surface area contributed by atoms with E-state index in [0.29, 0.717) is 6.42 Å². The first kappa shape index (κ1) is 15.0. The van der Waals surface area contributed by atoms with Crippen LogP contribution >= 0.6 is 11.3 Å². The topological polar surface area (TPSA) is 68.0 Å². The Kier molecular flexibility index (Phi) is 4.91. The van der Waals surface area contributed by atoms with Gasteiger partial charge in [-0.25, -0.2) is 4.98 Å². The van der Waals surface area contributed by atoms with Crippen LogP contribution in [0.4, 0.5) is 5.13 Å². The first-order valence-corrected chi connectivity index (χ1v) is 9.06. The molecule has 3 N–H and O–H groups in total. The van der Waals surface area contributed by atoms with Crippen molar-refractivity contribution in [2.24, 2.45) is 11.7 Å². The van der Waals surface area contributed by atoms with E-state index in [1.807, 2.05) is 0 Å². The summed E-state index contributed by atoms with van der Waals surface area (Å²) < 4.78 is 0. The quantitative estimate of drug-likeness (QED) is 0.897. The van der Waals surface area contributed by atoms with E-state index in [1.54, 1.807) is 11.3 Å². The van der Waals surface area contributed by atoms with Gasteiger partial charge >= 0.3 is 0 Å². The van der Waals surface area contributed by atoms with E-state index in [0.717, 1.165) is 42.4 Å². The van der Waals surface area contributed by atoms with E-state index in [9.17, 15) is 4.79 Å². The summed E-state index contributed by atoms with van der Waals surface area (Å²) >= 11 is 1.61. The molecule has 5 heteroatoms. The number of amides is 1. The molecule has 0 saturated heterocycles. The van der Waals surface area contributed by atoms with Gasteiger partial charge in [-0.05, 0) is 31.6 Å². The van der Waals surface area contributed by atoms with Gasteiger partial charge in [0.25, 0.3) is 0 Å². The normalized spacial score (nSPS) is 22.8. The number of carbonyl (C=O) groups is 1. The molecule has 1 amide bonds. The van der Waals surface area contributed by atoms with Crippen LogP contribution in [0.25, 0.3) is 0 Å². The summed E-state index contributed by atoms with van der Waals surface area (Å²) in [4.78, 5) is 17.9. The molecule has 1 aromatic rings. The SMILES string of the molecule is N[C@H]1CCc2nc(NC(=O)CCC3CCCCC3)sc2C1. The van der Waals surface area contributed by atoms with Gasteiger partial charge in [-0.2, -0.15) is 0 Å². The maximum Gasteiger partial charge on any atom is 0.226 e. The van der Waals surface area contributed by atoms with Gasteiger partial charge in [-0.15, -0.1) is 11.3 Å². The monoisotopic (exact) mass is 307 g/mol. The summed E-state index contributed by atoms with van der Waals surface area (Å²) in [6.07, 6.45) is 11.2. The van der Waals surface area contributed by atoms with Gasteiger partial charge in [0, 0.05) is 17.3 Å². The average Bonchev–Trinajstić information content (AvgIpc) is 2.87. The lowest BCUT2D eigenvalue weighted by Crippen LogP contribution is -2.27. The van der Waals surface area contributed by atoms with Crippen molar-refractivity contribution in [1.82, 2.24) is 4.98 Å². The molecule has 0 aromatic carbocycles. The number of rotatable bonds is 4. The zero-order valence-corrected chi connectivity index (χ0v) is 13.4. The average molecular weight is 307 g/mol. The van der Waals surface area contributed by atoms with Crippen LogP contribution in [0.1, 0.15) is 61.9 Å². The molecular weight excluding hydrogens is 282 g/mol. The number of anilines is 1. The summed E-state index contributed by atoms with van der Waals surface area (Å²) in [7, 11) is 0. The van der Waals surface area contributed by atoms with E-state index in [4.69, 9.17) is 5.73 Å². The van der Waals surface area contributed by atoms with Crippen molar-refractivity contribution in [3.8, 4) is 0 Å². The summed E-state index contributed by atoms with van der Waals surface area (Å²) in [6, 6.07) is 0.257. The number of hydrogen-bond acceptors (Lipinski definition) is 4. The number of aromatic nitrogens is 1. The fraction of sp³-hybridized carbons (Fsp3) is 0.750. The molecule has 3 rings (SSSR count). The second kappa shape index (κ2) is 6.88. The molecular formula is C16H25N3OS. The van der Waals surface area contributed by atoms with Crippen LogP contribution in [0.3, 0.4) is 0 Å². The number of nitrogens with two attached hydrogens (primary N) is 1. The second-order valence-electron chi connectivity index (χ2n) is 6.48. The number of fused-ring (bicyclic) bond motifs is 1. The molecule has 2 aliphatic rings. The third-order valence-electron chi connectivity index (χ3n) is 4.73. The second-order valence-corrected chi connectivity index (χ2v) is 7.57. The highest BCUT2D eigenvalue weighted by Crippen LogP contribution is 2.30. The van der Waals surface area contributed by atoms with Gasteiger partial charge in [0.15, 0.2) is 5.13 Å². The molecule has 0 radical (unpaired) electrons. The number of aryl methyl sites for hydroxylation is 1. The van der Waals surface area contributed by atoms with Crippen LogP contribution in [0.15, 0.2) is 0 Å². The van der Waals surface area contributed by atoms with Gasteiger partial charge in [0.2, 0.25) is 5.91 Å². The highest BCUT2D eigenvalue weighted by atomic mass is 32.1. The summed E-state index contributed by atoms with van der Waals surface area (Å²) in [5.41, 5.74) is 7.12. The van der Waals surface area contributed by atoms with Crippen molar-refractivity contribution >= 4 is 22.4 Å². The Bertz CT molecular complexity index is 494. The predicted octanol–water partition coefficient (Wildman–Crippen LogP) is 3.26. The van der Waals surface area contributed by atoms with Crippen molar-refractivity contribution in [3.05, 3.63) is 10.6 Å². The standard InChI is InChI=1S/C16H25N3OS/c17-12-7-8-13-14(10-12)21-16(18-13)19-15(20)9-6-11-4-2-1-3-5-11/h11-12H,1-10,17H2,(H,18,19,20)/t12-/m0/s1. The molecule has 0 bridgehead atoms. The van der Waals surface area contributed by atoms with E-state index < -0.39 is 0 Å².